The van der Waals surface area contributed by atoms with Crippen molar-refractivity contribution in [2.24, 2.45) is 5.92 Å². The van der Waals surface area contributed by atoms with E-state index in [4.69, 9.17) is 22.1 Å². The van der Waals surface area contributed by atoms with Gasteiger partial charge in [-0.15, -0.1) is 0 Å². The predicted molar refractivity (Wildman–Crippen MR) is 105 cm³/mol. The Labute approximate surface area is 163 Å². The van der Waals surface area contributed by atoms with E-state index in [1.54, 1.807) is 13.3 Å². The summed E-state index contributed by atoms with van der Waals surface area (Å²) in [4.78, 5) is 27.8. The molecule has 3 rings (SSSR count). The third kappa shape index (κ3) is 3.56. The lowest BCUT2D eigenvalue weighted by Gasteiger charge is -2.34. The van der Waals surface area contributed by atoms with Gasteiger partial charge >= 0.3 is 0 Å². The van der Waals surface area contributed by atoms with Gasteiger partial charge in [-0.05, 0) is 20.3 Å². The summed E-state index contributed by atoms with van der Waals surface area (Å²) in [6, 6.07) is 0. The topological polar surface area (TPSA) is 94.2 Å². The first kappa shape index (κ1) is 19.4. The molecule has 7 nitrogen and oxygen atoms in total. The lowest BCUT2D eigenvalue weighted by molar-refractivity contribution is 0.0907. The summed E-state index contributed by atoms with van der Waals surface area (Å²) in [5, 5.41) is 0.111. The normalized spacial score (nSPS) is 16.4. The molecule has 1 aliphatic rings. The van der Waals surface area contributed by atoms with E-state index in [0.29, 0.717) is 24.5 Å². The second-order valence-electron chi connectivity index (χ2n) is 6.85. The van der Waals surface area contributed by atoms with Crippen molar-refractivity contribution in [2.75, 3.05) is 24.3 Å². The number of aryl methyl sites for hydroxylation is 1. The van der Waals surface area contributed by atoms with Crippen molar-refractivity contribution in [1.29, 1.82) is 0 Å². The molecule has 2 aromatic heterocycles. The van der Waals surface area contributed by atoms with E-state index in [0.717, 1.165) is 35.4 Å². The number of carbonyl (C=O) groups is 1. The van der Waals surface area contributed by atoms with Crippen LogP contribution in [0.2, 0.25) is 5.15 Å². The molecule has 3 heterocycles. The fourth-order valence-electron chi connectivity index (χ4n) is 3.64. The Kier molecular flexibility index (Phi) is 5.51. The molecule has 0 saturated heterocycles. The number of hydrogen-bond acceptors (Lipinski definition) is 7. The van der Waals surface area contributed by atoms with Crippen LogP contribution >= 0.6 is 11.6 Å². The van der Waals surface area contributed by atoms with Crippen LogP contribution in [0.15, 0.2) is 6.20 Å². The van der Waals surface area contributed by atoms with E-state index in [2.05, 4.69) is 21.9 Å². The quantitative estimate of drug-likeness (QED) is 0.783. The van der Waals surface area contributed by atoms with E-state index in [-0.39, 0.29) is 22.8 Å². The van der Waals surface area contributed by atoms with E-state index >= 15 is 0 Å². The molecular weight excluding hydrogens is 366 g/mol. The van der Waals surface area contributed by atoms with Gasteiger partial charge < -0.3 is 15.4 Å². The van der Waals surface area contributed by atoms with Crippen LogP contribution < -0.4 is 15.4 Å². The maximum absolute atomic E-state index is 12.9. The molecule has 2 aromatic rings. The maximum Gasteiger partial charge on any atom is 0.223 e. The third-order valence-corrected chi connectivity index (χ3v) is 5.22. The number of pyridine rings is 1. The average molecular weight is 390 g/mol. The smallest absolute Gasteiger partial charge is 0.223 e. The highest BCUT2D eigenvalue weighted by Gasteiger charge is 2.35. The van der Waals surface area contributed by atoms with Gasteiger partial charge in [0.25, 0.3) is 0 Å². The van der Waals surface area contributed by atoms with E-state index < -0.39 is 0 Å². The van der Waals surface area contributed by atoms with Crippen molar-refractivity contribution in [3.63, 3.8) is 0 Å². The highest BCUT2D eigenvalue weighted by atomic mass is 35.5. The molecule has 0 radical (unpaired) electrons. The molecule has 1 aliphatic heterocycles. The second kappa shape index (κ2) is 7.68. The predicted octanol–water partition coefficient (Wildman–Crippen LogP) is 3.35. The van der Waals surface area contributed by atoms with Gasteiger partial charge in [0.1, 0.15) is 16.7 Å². The largest absolute Gasteiger partial charge is 0.496 e. The van der Waals surface area contributed by atoms with Gasteiger partial charge in [0.2, 0.25) is 5.95 Å². The van der Waals surface area contributed by atoms with Crippen LogP contribution in [-0.4, -0.2) is 34.4 Å². The zero-order valence-corrected chi connectivity index (χ0v) is 16.8. The molecule has 1 unspecified atom stereocenters. The zero-order chi connectivity index (χ0) is 19.7. The van der Waals surface area contributed by atoms with Gasteiger partial charge in [-0.1, -0.05) is 24.9 Å². The first-order valence-corrected chi connectivity index (χ1v) is 9.36. The molecule has 1 atom stereocenters. The number of carbonyl (C=O) groups excluding carboxylic acids is 1. The summed E-state index contributed by atoms with van der Waals surface area (Å²) in [5.41, 5.74) is 8.96. The molecule has 0 saturated carbocycles. The highest BCUT2D eigenvalue weighted by molar-refractivity contribution is 6.34. The number of nitrogens with zero attached hydrogens (tertiary/aromatic N) is 4. The Morgan fingerprint density at radius 1 is 1.37 bits per heavy atom. The molecule has 2 N–H and O–H groups in total. The molecule has 8 heteroatoms. The van der Waals surface area contributed by atoms with Crippen molar-refractivity contribution < 1.29 is 9.53 Å². The number of Topliss-reactive ketones (excluding diaryl/α,β-unsaturated/α-hetero) is 1. The van der Waals surface area contributed by atoms with Gasteiger partial charge in [-0.25, -0.2) is 4.98 Å². The van der Waals surface area contributed by atoms with Crippen LogP contribution in [0.4, 0.5) is 11.8 Å². The highest BCUT2D eigenvalue weighted by Crippen LogP contribution is 2.36. The molecule has 0 amide bonds. The lowest BCUT2D eigenvalue weighted by atomic mass is 9.90. The molecule has 0 fully saturated rings. The van der Waals surface area contributed by atoms with Crippen LogP contribution in [-0.2, 0) is 6.54 Å². The number of fused-ring (bicyclic) bond motifs is 1. The minimum Gasteiger partial charge on any atom is -0.496 e. The van der Waals surface area contributed by atoms with Crippen molar-refractivity contribution >= 4 is 29.2 Å². The van der Waals surface area contributed by atoms with Crippen LogP contribution in [0.3, 0.4) is 0 Å². The summed E-state index contributed by atoms with van der Waals surface area (Å²) in [5.74, 6) is 1.18. The van der Waals surface area contributed by atoms with Gasteiger partial charge in [-0.2, -0.15) is 4.98 Å². The second-order valence-corrected chi connectivity index (χ2v) is 7.21. The van der Waals surface area contributed by atoms with Crippen LogP contribution in [0, 0.1) is 19.8 Å². The van der Waals surface area contributed by atoms with E-state index in [1.165, 1.54) is 0 Å². The number of ketones is 1. The van der Waals surface area contributed by atoms with Crippen LogP contribution in [0.25, 0.3) is 0 Å². The number of nitrogen functional groups attached to an aromatic ring is 1. The Hall–Kier alpha value is -2.41. The van der Waals surface area contributed by atoms with Crippen LogP contribution in [0.5, 0.6) is 5.75 Å². The number of rotatable bonds is 5. The number of aromatic nitrogens is 3. The molecule has 0 aliphatic carbocycles. The number of ether oxygens (including phenoxy) is 1. The summed E-state index contributed by atoms with van der Waals surface area (Å²) in [6.45, 7) is 7.03. The zero-order valence-electron chi connectivity index (χ0n) is 16.0. The number of hydrogen-bond donors (Lipinski definition) is 1. The third-order valence-electron chi connectivity index (χ3n) is 4.95. The molecular formula is C19H24ClN5O2. The average Bonchev–Trinajstić information content (AvgIpc) is 2.61. The molecule has 0 bridgehead atoms. The monoisotopic (exact) mass is 389 g/mol. The van der Waals surface area contributed by atoms with Gasteiger partial charge in [0, 0.05) is 29.8 Å². The molecule has 0 spiro atoms. The minimum absolute atomic E-state index is 0.0146. The van der Waals surface area contributed by atoms with Crippen LogP contribution in [0.1, 0.15) is 46.9 Å². The lowest BCUT2D eigenvalue weighted by Crippen LogP contribution is -2.40. The number of methoxy groups -OCH3 is 1. The van der Waals surface area contributed by atoms with Crippen molar-refractivity contribution in [3.8, 4) is 5.75 Å². The minimum atomic E-state index is -0.153. The number of anilines is 2. The molecule has 0 aromatic carbocycles. The van der Waals surface area contributed by atoms with Crippen molar-refractivity contribution in [2.45, 2.75) is 40.2 Å². The fraction of sp³-hybridized carbons (Fsp3) is 0.474. The van der Waals surface area contributed by atoms with Gasteiger partial charge in [0.05, 0.1) is 24.9 Å². The molecule has 27 heavy (non-hydrogen) atoms. The van der Waals surface area contributed by atoms with Gasteiger partial charge in [-0.3, -0.25) is 9.78 Å². The number of nitrogens with two attached hydrogens (primary N) is 1. The van der Waals surface area contributed by atoms with E-state index in [9.17, 15) is 4.79 Å². The number of halogens is 1. The fourth-order valence-corrected chi connectivity index (χ4v) is 3.90. The standard InChI is InChI=1S/C19H24ClN5O2/c1-5-6-12-8-25(9-13-11(3)16(27-4)10(2)7-22-13)18-14(15(12)26)17(20)23-19(21)24-18/h7,12H,5-6,8-9H2,1-4H3,(H2,21,23,24). The van der Waals surface area contributed by atoms with E-state index in [1.807, 2.05) is 18.7 Å². The SMILES string of the molecule is CCCC1CN(Cc2ncc(C)c(OC)c2C)c2nc(N)nc(Cl)c2C1=O. The van der Waals surface area contributed by atoms with Crippen molar-refractivity contribution in [3.05, 3.63) is 33.7 Å². The Morgan fingerprint density at radius 3 is 2.78 bits per heavy atom. The first-order chi connectivity index (χ1) is 12.9. The summed E-state index contributed by atoms with van der Waals surface area (Å²) in [6.07, 6.45) is 3.48. The summed E-state index contributed by atoms with van der Waals surface area (Å²) < 4.78 is 5.51. The Morgan fingerprint density at radius 2 is 2.11 bits per heavy atom. The Bertz CT molecular complexity index is 887. The molecule has 144 valence electrons. The van der Waals surface area contributed by atoms with Crippen molar-refractivity contribution in [1.82, 2.24) is 15.0 Å². The summed E-state index contributed by atoms with van der Waals surface area (Å²) in [7, 11) is 1.65. The Balaban J connectivity index is 2.05. The first-order valence-electron chi connectivity index (χ1n) is 8.98. The maximum atomic E-state index is 12.9. The summed E-state index contributed by atoms with van der Waals surface area (Å²) >= 11 is 6.26. The van der Waals surface area contributed by atoms with Gasteiger partial charge in [0.15, 0.2) is 5.78 Å².